The molecule has 0 bridgehead atoms. The van der Waals surface area contributed by atoms with Crippen LogP contribution < -0.4 is 0 Å². The van der Waals surface area contributed by atoms with Crippen LogP contribution in [0, 0.1) is 13.8 Å². The van der Waals surface area contributed by atoms with Crippen LogP contribution in [0.3, 0.4) is 0 Å². The first-order valence-electron chi connectivity index (χ1n) is 9.03. The molecule has 26 heavy (non-hydrogen) atoms. The van der Waals surface area contributed by atoms with Gasteiger partial charge in [0.1, 0.15) is 0 Å². The average Bonchev–Trinajstić information content (AvgIpc) is 3.33. The predicted molar refractivity (Wildman–Crippen MR) is 105 cm³/mol. The number of aromatic nitrogens is 3. The van der Waals surface area contributed by atoms with Gasteiger partial charge in [0.25, 0.3) is 0 Å². The van der Waals surface area contributed by atoms with E-state index in [1.807, 2.05) is 43.6 Å². The number of hydrogen-bond acceptors (Lipinski definition) is 3. The molecule has 1 aliphatic rings. The first kappa shape index (κ1) is 17.2. The Balaban J connectivity index is 1.47. The van der Waals surface area contributed by atoms with Crippen LogP contribution in [-0.4, -0.2) is 25.7 Å². The molecule has 4 rings (SSSR count). The van der Waals surface area contributed by atoms with Crippen LogP contribution in [0.25, 0.3) is 0 Å². The third-order valence-corrected chi connectivity index (χ3v) is 5.94. The van der Waals surface area contributed by atoms with Crippen molar-refractivity contribution in [3.05, 3.63) is 71.3 Å². The highest BCUT2D eigenvalue weighted by Gasteiger charge is 2.26. The number of imidazole rings is 1. The normalized spacial score (nSPS) is 13.9. The lowest BCUT2D eigenvalue weighted by molar-refractivity contribution is 0.102. The summed E-state index contributed by atoms with van der Waals surface area (Å²) < 4.78 is 4.43. The van der Waals surface area contributed by atoms with E-state index < -0.39 is 0 Å². The molecule has 1 aromatic carbocycles. The number of nitrogens with zero attached hydrogens (tertiary/aromatic N) is 3. The number of ketones is 1. The zero-order chi connectivity index (χ0) is 18.1. The van der Waals surface area contributed by atoms with E-state index in [1.54, 1.807) is 11.8 Å². The molecule has 0 unspecified atom stereocenters. The Bertz CT molecular complexity index is 922. The van der Waals surface area contributed by atoms with Crippen LogP contribution in [0.1, 0.15) is 46.2 Å². The van der Waals surface area contributed by atoms with Gasteiger partial charge in [0.2, 0.25) is 0 Å². The monoisotopic (exact) mass is 365 g/mol. The highest BCUT2D eigenvalue weighted by Crippen LogP contribution is 2.37. The summed E-state index contributed by atoms with van der Waals surface area (Å²) in [4.78, 5) is 17.2. The second kappa shape index (κ2) is 7.16. The molecule has 3 aromatic rings. The van der Waals surface area contributed by atoms with Crippen molar-refractivity contribution >= 4 is 17.5 Å². The molecule has 0 radical (unpaired) electrons. The van der Waals surface area contributed by atoms with Crippen LogP contribution in [-0.2, 0) is 6.54 Å². The van der Waals surface area contributed by atoms with E-state index >= 15 is 0 Å². The Kier molecular flexibility index (Phi) is 4.72. The molecule has 1 saturated carbocycles. The molecule has 0 amide bonds. The number of benzene rings is 1. The summed E-state index contributed by atoms with van der Waals surface area (Å²) >= 11 is 1.55. The molecule has 2 heterocycles. The summed E-state index contributed by atoms with van der Waals surface area (Å²) in [5, 5.41) is 0.957. The smallest absolute Gasteiger partial charge is 0.175 e. The van der Waals surface area contributed by atoms with Gasteiger partial charge in [-0.25, -0.2) is 4.98 Å². The molecule has 0 N–H and O–H groups in total. The van der Waals surface area contributed by atoms with E-state index in [4.69, 9.17) is 0 Å². The van der Waals surface area contributed by atoms with Crippen LogP contribution in [0.5, 0.6) is 0 Å². The fraction of sp³-hybridized carbons (Fsp3) is 0.333. The summed E-state index contributed by atoms with van der Waals surface area (Å²) in [6.45, 7) is 4.91. The zero-order valence-electron chi connectivity index (χ0n) is 15.2. The van der Waals surface area contributed by atoms with Crippen molar-refractivity contribution in [2.24, 2.45) is 0 Å². The molecule has 134 valence electrons. The van der Waals surface area contributed by atoms with Gasteiger partial charge in [-0.2, -0.15) is 0 Å². The number of rotatable bonds is 7. The second-order valence-electron chi connectivity index (χ2n) is 6.92. The number of aryl methyl sites for hydroxylation is 1. The lowest BCUT2D eigenvalue weighted by Gasteiger charge is -2.10. The Morgan fingerprint density at radius 3 is 2.73 bits per heavy atom. The molecule has 5 heteroatoms. The van der Waals surface area contributed by atoms with Crippen LogP contribution in [0.15, 0.2) is 53.9 Å². The van der Waals surface area contributed by atoms with Gasteiger partial charge in [-0.05, 0) is 38.3 Å². The lowest BCUT2D eigenvalue weighted by atomic mass is 10.2. The van der Waals surface area contributed by atoms with E-state index in [2.05, 4.69) is 33.2 Å². The van der Waals surface area contributed by atoms with E-state index in [-0.39, 0.29) is 5.78 Å². The molecule has 0 atom stereocenters. The van der Waals surface area contributed by atoms with Gasteiger partial charge in [0.05, 0.1) is 5.75 Å². The van der Waals surface area contributed by atoms with Gasteiger partial charge in [-0.1, -0.05) is 42.1 Å². The summed E-state index contributed by atoms with van der Waals surface area (Å²) in [5.41, 5.74) is 4.24. The first-order valence-corrected chi connectivity index (χ1v) is 10.0. The van der Waals surface area contributed by atoms with Crippen LogP contribution in [0.4, 0.5) is 0 Å². The van der Waals surface area contributed by atoms with Crippen molar-refractivity contribution in [1.29, 1.82) is 0 Å². The molecule has 1 fully saturated rings. The number of Topliss-reactive ketones (excluding diaryl/α,β-unsaturated/α-hetero) is 1. The molecular weight excluding hydrogens is 342 g/mol. The molecule has 0 saturated heterocycles. The zero-order valence-corrected chi connectivity index (χ0v) is 16.0. The summed E-state index contributed by atoms with van der Waals surface area (Å²) in [6.07, 6.45) is 6.30. The van der Waals surface area contributed by atoms with Crippen molar-refractivity contribution in [2.75, 3.05) is 5.75 Å². The van der Waals surface area contributed by atoms with Crippen molar-refractivity contribution in [3.63, 3.8) is 0 Å². The average molecular weight is 366 g/mol. The fourth-order valence-electron chi connectivity index (χ4n) is 3.34. The maximum atomic E-state index is 12.8. The lowest BCUT2D eigenvalue weighted by Crippen LogP contribution is -2.08. The molecule has 4 nitrogen and oxygen atoms in total. The van der Waals surface area contributed by atoms with E-state index in [0.717, 1.165) is 28.7 Å². The van der Waals surface area contributed by atoms with Crippen molar-refractivity contribution in [2.45, 2.75) is 44.4 Å². The molecule has 0 spiro atoms. The fourth-order valence-corrected chi connectivity index (χ4v) is 4.25. The number of hydrogen-bond donors (Lipinski definition) is 0. The maximum Gasteiger partial charge on any atom is 0.175 e. The van der Waals surface area contributed by atoms with Crippen molar-refractivity contribution < 1.29 is 4.79 Å². The van der Waals surface area contributed by atoms with E-state index in [1.165, 1.54) is 18.4 Å². The predicted octanol–water partition coefficient (Wildman–Crippen LogP) is 4.66. The molecule has 0 aliphatic heterocycles. The first-order chi connectivity index (χ1) is 12.6. The Labute approximate surface area is 158 Å². The minimum atomic E-state index is 0.174. The highest BCUT2D eigenvalue weighted by molar-refractivity contribution is 7.99. The van der Waals surface area contributed by atoms with E-state index in [0.29, 0.717) is 11.8 Å². The third-order valence-electron chi connectivity index (χ3n) is 4.96. The topological polar surface area (TPSA) is 39.8 Å². The number of carbonyl (C=O) groups is 1. The minimum absolute atomic E-state index is 0.174. The van der Waals surface area contributed by atoms with Gasteiger partial charge in [0, 0.05) is 41.9 Å². The minimum Gasteiger partial charge on any atom is -0.344 e. The number of thioether (sulfide) groups is 1. The maximum absolute atomic E-state index is 12.8. The van der Waals surface area contributed by atoms with E-state index in [9.17, 15) is 4.79 Å². The van der Waals surface area contributed by atoms with Gasteiger partial charge in [-0.15, -0.1) is 0 Å². The summed E-state index contributed by atoms with van der Waals surface area (Å²) in [5.74, 6) is 0.604. The standard InChI is InChI=1S/C21H23N3OS/c1-15-12-19(16(2)24(15)13-17-6-4-3-5-7-17)20(25)14-26-21-22-10-11-23(21)18-8-9-18/h3-7,10-12,18H,8-9,13-14H2,1-2H3. The second-order valence-corrected chi connectivity index (χ2v) is 7.86. The summed E-state index contributed by atoms with van der Waals surface area (Å²) in [7, 11) is 0. The van der Waals surface area contributed by atoms with Gasteiger partial charge in [-0.3, -0.25) is 4.79 Å². The largest absolute Gasteiger partial charge is 0.344 e. The molecule has 2 aromatic heterocycles. The van der Waals surface area contributed by atoms with Crippen molar-refractivity contribution in [1.82, 2.24) is 14.1 Å². The highest BCUT2D eigenvalue weighted by atomic mass is 32.2. The quantitative estimate of drug-likeness (QED) is 0.452. The molecule has 1 aliphatic carbocycles. The Morgan fingerprint density at radius 2 is 2.00 bits per heavy atom. The van der Waals surface area contributed by atoms with Gasteiger partial charge in [0.15, 0.2) is 10.9 Å². The molecular formula is C21H23N3OS. The van der Waals surface area contributed by atoms with Gasteiger partial charge < -0.3 is 9.13 Å². The van der Waals surface area contributed by atoms with Crippen molar-refractivity contribution in [3.8, 4) is 0 Å². The Morgan fingerprint density at radius 1 is 1.23 bits per heavy atom. The Hall–Kier alpha value is -2.27. The SMILES string of the molecule is Cc1cc(C(=O)CSc2nccn2C2CC2)c(C)n1Cc1ccccc1. The van der Waals surface area contributed by atoms with Crippen LogP contribution in [0.2, 0.25) is 0 Å². The number of carbonyl (C=O) groups excluding carboxylic acids is 1. The van der Waals surface area contributed by atoms with Crippen LogP contribution >= 0.6 is 11.8 Å². The van der Waals surface area contributed by atoms with Gasteiger partial charge >= 0.3 is 0 Å². The summed E-state index contributed by atoms with van der Waals surface area (Å²) in [6, 6.07) is 13.0. The third kappa shape index (κ3) is 3.49.